The van der Waals surface area contributed by atoms with Crippen molar-refractivity contribution in [1.82, 2.24) is 5.32 Å². The number of aryl methyl sites for hydroxylation is 2. The van der Waals surface area contributed by atoms with E-state index in [1.54, 1.807) is 20.3 Å². The molecule has 1 N–H and O–H groups in total. The van der Waals surface area contributed by atoms with Gasteiger partial charge in [0.1, 0.15) is 0 Å². The first-order chi connectivity index (χ1) is 12.0. The van der Waals surface area contributed by atoms with E-state index in [4.69, 9.17) is 9.47 Å². The molecular weight excluding hydrogens is 314 g/mol. The van der Waals surface area contributed by atoms with Crippen molar-refractivity contribution in [2.75, 3.05) is 20.8 Å². The number of carbonyl (C=O) groups excluding carboxylic acids is 1. The fourth-order valence-electron chi connectivity index (χ4n) is 2.48. The van der Waals surface area contributed by atoms with Crippen LogP contribution >= 0.6 is 0 Å². The molecule has 25 heavy (non-hydrogen) atoms. The normalized spacial score (nSPS) is 10.7. The topological polar surface area (TPSA) is 47.6 Å². The highest BCUT2D eigenvalue weighted by molar-refractivity contribution is 5.91. The zero-order chi connectivity index (χ0) is 18.2. The quantitative estimate of drug-likeness (QED) is 0.783. The summed E-state index contributed by atoms with van der Waals surface area (Å²) < 4.78 is 10.5. The van der Waals surface area contributed by atoms with E-state index in [2.05, 4.69) is 37.4 Å². The van der Waals surface area contributed by atoms with Crippen molar-refractivity contribution in [2.24, 2.45) is 0 Å². The average Bonchev–Trinajstić information content (AvgIpc) is 2.62. The lowest BCUT2D eigenvalue weighted by molar-refractivity contribution is -0.116. The average molecular weight is 339 g/mol. The summed E-state index contributed by atoms with van der Waals surface area (Å²) in [7, 11) is 3.18. The first-order valence-electron chi connectivity index (χ1n) is 8.27. The fourth-order valence-corrected chi connectivity index (χ4v) is 2.48. The Morgan fingerprint density at radius 2 is 1.76 bits per heavy atom. The summed E-state index contributed by atoms with van der Waals surface area (Å²) in [6.45, 7) is 4.81. The molecule has 2 aromatic rings. The van der Waals surface area contributed by atoms with Crippen molar-refractivity contribution in [1.29, 1.82) is 0 Å². The molecule has 0 aromatic heterocycles. The highest BCUT2D eigenvalue weighted by atomic mass is 16.5. The minimum absolute atomic E-state index is 0.112. The van der Waals surface area contributed by atoms with E-state index in [0.29, 0.717) is 18.0 Å². The monoisotopic (exact) mass is 339 g/mol. The van der Waals surface area contributed by atoms with Gasteiger partial charge in [0.25, 0.3) is 0 Å². The Bertz CT molecular complexity index is 766. The number of carbonyl (C=O) groups is 1. The molecule has 132 valence electrons. The SMILES string of the molecule is COc1ccc(/C=C/C(=O)NCCc2ccc(C)c(C)c2)cc1OC. The molecule has 0 saturated heterocycles. The highest BCUT2D eigenvalue weighted by Gasteiger charge is 2.03. The Balaban J connectivity index is 1.87. The molecule has 4 nitrogen and oxygen atoms in total. The van der Waals surface area contributed by atoms with Crippen molar-refractivity contribution in [3.05, 3.63) is 64.7 Å². The van der Waals surface area contributed by atoms with Gasteiger partial charge in [0, 0.05) is 12.6 Å². The van der Waals surface area contributed by atoms with E-state index < -0.39 is 0 Å². The Kier molecular flexibility index (Phi) is 6.63. The van der Waals surface area contributed by atoms with Crippen LogP contribution in [0.15, 0.2) is 42.5 Å². The molecule has 0 saturated carbocycles. The van der Waals surface area contributed by atoms with Gasteiger partial charge in [-0.05, 0) is 60.7 Å². The number of benzene rings is 2. The van der Waals surface area contributed by atoms with Gasteiger partial charge in [0.05, 0.1) is 14.2 Å². The van der Waals surface area contributed by atoms with Crippen LogP contribution in [-0.4, -0.2) is 26.7 Å². The van der Waals surface area contributed by atoms with Gasteiger partial charge in [-0.3, -0.25) is 4.79 Å². The maximum atomic E-state index is 12.0. The minimum atomic E-state index is -0.112. The molecule has 2 rings (SSSR count). The van der Waals surface area contributed by atoms with E-state index in [0.717, 1.165) is 12.0 Å². The molecule has 0 heterocycles. The molecule has 0 unspecified atom stereocenters. The maximum absolute atomic E-state index is 12.0. The molecule has 1 amide bonds. The summed E-state index contributed by atoms with van der Waals surface area (Å²) in [4.78, 5) is 12.0. The standard InChI is InChI=1S/C21H25NO3/c1-15-5-6-18(13-16(15)2)11-12-22-21(23)10-8-17-7-9-19(24-3)20(14-17)25-4/h5-10,13-14H,11-12H2,1-4H3,(H,22,23)/b10-8+. The predicted octanol–water partition coefficient (Wildman–Crippen LogP) is 3.69. The molecule has 0 aliphatic heterocycles. The smallest absolute Gasteiger partial charge is 0.244 e. The minimum Gasteiger partial charge on any atom is -0.493 e. The van der Waals surface area contributed by atoms with Gasteiger partial charge in [0.15, 0.2) is 11.5 Å². The van der Waals surface area contributed by atoms with Crippen LogP contribution in [0.25, 0.3) is 6.08 Å². The molecule has 2 aromatic carbocycles. The third kappa shape index (κ3) is 5.38. The van der Waals surface area contributed by atoms with Crippen molar-refractivity contribution < 1.29 is 14.3 Å². The van der Waals surface area contributed by atoms with E-state index in [-0.39, 0.29) is 5.91 Å². The molecule has 0 radical (unpaired) electrons. The lowest BCUT2D eigenvalue weighted by Gasteiger charge is -2.08. The van der Waals surface area contributed by atoms with Gasteiger partial charge < -0.3 is 14.8 Å². The molecule has 0 spiro atoms. The summed E-state index contributed by atoms with van der Waals surface area (Å²) in [5.74, 6) is 1.19. The second-order valence-electron chi connectivity index (χ2n) is 5.91. The van der Waals surface area contributed by atoms with Crippen LogP contribution in [0.2, 0.25) is 0 Å². The number of amides is 1. The lowest BCUT2D eigenvalue weighted by atomic mass is 10.0. The van der Waals surface area contributed by atoms with Gasteiger partial charge in [-0.2, -0.15) is 0 Å². The number of rotatable bonds is 7. The third-order valence-electron chi connectivity index (χ3n) is 4.12. The molecule has 0 aliphatic carbocycles. The van der Waals surface area contributed by atoms with Crippen molar-refractivity contribution in [3.8, 4) is 11.5 Å². The van der Waals surface area contributed by atoms with Crippen LogP contribution in [0.3, 0.4) is 0 Å². The van der Waals surface area contributed by atoms with Crippen LogP contribution in [0, 0.1) is 13.8 Å². The van der Waals surface area contributed by atoms with Crippen molar-refractivity contribution in [2.45, 2.75) is 20.3 Å². The van der Waals surface area contributed by atoms with E-state index in [1.807, 2.05) is 18.2 Å². The Morgan fingerprint density at radius 1 is 1.00 bits per heavy atom. The third-order valence-corrected chi connectivity index (χ3v) is 4.12. The zero-order valence-corrected chi connectivity index (χ0v) is 15.3. The fraction of sp³-hybridized carbons (Fsp3) is 0.286. The second-order valence-corrected chi connectivity index (χ2v) is 5.91. The highest BCUT2D eigenvalue weighted by Crippen LogP contribution is 2.27. The number of nitrogens with one attached hydrogen (secondary N) is 1. The molecule has 0 atom stereocenters. The van der Waals surface area contributed by atoms with Crippen LogP contribution < -0.4 is 14.8 Å². The Hall–Kier alpha value is -2.75. The van der Waals surface area contributed by atoms with E-state index in [1.165, 1.54) is 22.8 Å². The predicted molar refractivity (Wildman–Crippen MR) is 101 cm³/mol. The summed E-state index contributed by atoms with van der Waals surface area (Å²) >= 11 is 0. The van der Waals surface area contributed by atoms with Crippen molar-refractivity contribution in [3.63, 3.8) is 0 Å². The number of hydrogen-bond donors (Lipinski definition) is 1. The van der Waals surface area contributed by atoms with Gasteiger partial charge in [0.2, 0.25) is 5.91 Å². The molecule has 0 fully saturated rings. The van der Waals surface area contributed by atoms with E-state index >= 15 is 0 Å². The van der Waals surface area contributed by atoms with Gasteiger partial charge in [-0.15, -0.1) is 0 Å². The summed E-state index contributed by atoms with van der Waals surface area (Å²) in [6, 6.07) is 11.9. The first-order valence-corrected chi connectivity index (χ1v) is 8.27. The summed E-state index contributed by atoms with van der Waals surface area (Å²) in [6.07, 6.45) is 4.10. The number of ether oxygens (including phenoxy) is 2. The van der Waals surface area contributed by atoms with Crippen LogP contribution in [0.4, 0.5) is 0 Å². The maximum Gasteiger partial charge on any atom is 0.244 e. The first kappa shape index (κ1) is 18.6. The van der Waals surface area contributed by atoms with Gasteiger partial charge >= 0.3 is 0 Å². The van der Waals surface area contributed by atoms with Crippen LogP contribution in [0.1, 0.15) is 22.3 Å². The molecule has 4 heteroatoms. The second kappa shape index (κ2) is 8.92. The number of hydrogen-bond acceptors (Lipinski definition) is 3. The number of methoxy groups -OCH3 is 2. The summed E-state index contributed by atoms with van der Waals surface area (Å²) in [5.41, 5.74) is 4.66. The van der Waals surface area contributed by atoms with Crippen LogP contribution in [0.5, 0.6) is 11.5 Å². The lowest BCUT2D eigenvalue weighted by Crippen LogP contribution is -2.23. The molecular formula is C21H25NO3. The van der Waals surface area contributed by atoms with E-state index in [9.17, 15) is 4.79 Å². The summed E-state index contributed by atoms with van der Waals surface area (Å²) in [5, 5.41) is 2.90. The molecule has 0 bridgehead atoms. The molecule has 0 aliphatic rings. The van der Waals surface area contributed by atoms with Gasteiger partial charge in [-0.1, -0.05) is 24.3 Å². The van der Waals surface area contributed by atoms with Crippen molar-refractivity contribution >= 4 is 12.0 Å². The zero-order valence-electron chi connectivity index (χ0n) is 15.3. The van der Waals surface area contributed by atoms with Crippen LogP contribution in [-0.2, 0) is 11.2 Å². The van der Waals surface area contributed by atoms with Gasteiger partial charge in [-0.25, -0.2) is 0 Å². The Morgan fingerprint density at radius 3 is 2.44 bits per heavy atom. The largest absolute Gasteiger partial charge is 0.493 e. The Labute approximate surface area is 149 Å².